The molecule has 0 saturated heterocycles. The number of anilines is 1. The second-order valence-electron chi connectivity index (χ2n) is 6.71. The van der Waals surface area contributed by atoms with Crippen LogP contribution in [0.25, 0.3) is 0 Å². The molecule has 10 nitrogen and oxygen atoms in total. The highest BCUT2D eigenvalue weighted by Gasteiger charge is 2.24. The third-order valence-corrected chi connectivity index (χ3v) is 4.99. The van der Waals surface area contributed by atoms with Gasteiger partial charge in [-0.15, -0.1) is 0 Å². The molecule has 14 heteroatoms. The molecule has 0 spiro atoms. The predicted molar refractivity (Wildman–Crippen MR) is 115 cm³/mol. The molecule has 1 aromatic carbocycles. The van der Waals surface area contributed by atoms with Crippen LogP contribution in [0.5, 0.6) is 5.88 Å². The average molecular weight is 536 g/mol. The van der Waals surface area contributed by atoms with Gasteiger partial charge in [0, 0.05) is 10.5 Å². The van der Waals surface area contributed by atoms with E-state index in [9.17, 15) is 28.3 Å². The van der Waals surface area contributed by atoms with E-state index in [1.165, 1.54) is 0 Å². The lowest BCUT2D eigenvalue weighted by atomic mass is 10.2. The highest BCUT2D eigenvalue weighted by Crippen LogP contribution is 2.31. The van der Waals surface area contributed by atoms with Crippen LogP contribution in [-0.4, -0.2) is 46.0 Å². The van der Waals surface area contributed by atoms with E-state index in [1.807, 2.05) is 0 Å². The van der Waals surface area contributed by atoms with Crippen LogP contribution in [0.2, 0.25) is 0 Å². The van der Waals surface area contributed by atoms with E-state index in [0.29, 0.717) is 11.5 Å². The summed E-state index contributed by atoms with van der Waals surface area (Å²) < 4.78 is 37.2. The molecule has 1 unspecified atom stereocenters. The van der Waals surface area contributed by atoms with Crippen molar-refractivity contribution in [2.75, 3.05) is 11.9 Å². The summed E-state index contributed by atoms with van der Waals surface area (Å²) in [4.78, 5) is 35.5. The van der Waals surface area contributed by atoms with Crippen LogP contribution in [0.15, 0.2) is 16.6 Å². The van der Waals surface area contributed by atoms with E-state index >= 15 is 0 Å². The zero-order valence-corrected chi connectivity index (χ0v) is 19.3. The van der Waals surface area contributed by atoms with Crippen molar-refractivity contribution in [2.45, 2.75) is 32.6 Å². The molecular formula is C18H20BrF2N5O5S. The first-order valence-corrected chi connectivity index (χ1v) is 10.6. The number of ether oxygens (including phenoxy) is 1. The number of rotatable bonds is 9. The van der Waals surface area contributed by atoms with Crippen molar-refractivity contribution in [1.29, 1.82) is 0 Å². The van der Waals surface area contributed by atoms with Crippen molar-refractivity contribution >= 4 is 50.3 Å². The van der Waals surface area contributed by atoms with Gasteiger partial charge in [-0.3, -0.25) is 14.9 Å². The number of aliphatic hydroxyl groups is 1. The summed E-state index contributed by atoms with van der Waals surface area (Å²) in [6.45, 7) is 2.43. The third-order valence-electron chi connectivity index (χ3n) is 3.78. The lowest BCUT2D eigenvalue weighted by Crippen LogP contribution is -2.45. The molecule has 0 aliphatic carbocycles. The number of halogens is 3. The van der Waals surface area contributed by atoms with E-state index < -0.39 is 54.3 Å². The Bertz CT molecular complexity index is 997. The lowest BCUT2D eigenvalue weighted by molar-refractivity contribution is -0.129. The number of urea groups is 1. The van der Waals surface area contributed by atoms with Crippen molar-refractivity contribution < 1.29 is 33.0 Å². The first kappa shape index (κ1) is 25.4. The molecule has 1 heterocycles. The molecule has 2 rings (SSSR count). The summed E-state index contributed by atoms with van der Waals surface area (Å²) in [7, 11) is 0. The number of nitrogens with one attached hydrogen (secondary N) is 3. The Balaban J connectivity index is 2.04. The minimum Gasteiger partial charge on any atom is -0.471 e. The van der Waals surface area contributed by atoms with Crippen LogP contribution in [0.1, 0.15) is 29.8 Å². The molecular weight excluding hydrogens is 516 g/mol. The van der Waals surface area contributed by atoms with E-state index in [-0.39, 0.29) is 27.0 Å². The zero-order valence-electron chi connectivity index (χ0n) is 16.9. The molecule has 2 aromatic rings. The van der Waals surface area contributed by atoms with Gasteiger partial charge in [-0.1, -0.05) is 15.9 Å². The van der Waals surface area contributed by atoms with Gasteiger partial charge in [-0.25, -0.2) is 13.6 Å². The molecule has 4 amide bonds. The molecule has 1 atom stereocenters. The quantitative estimate of drug-likeness (QED) is 0.330. The van der Waals surface area contributed by atoms with Crippen LogP contribution in [0.3, 0.4) is 0 Å². The molecule has 0 bridgehead atoms. The highest BCUT2D eigenvalue weighted by molar-refractivity contribution is 9.10. The van der Waals surface area contributed by atoms with Gasteiger partial charge in [0.25, 0.3) is 11.8 Å². The fraction of sp³-hybridized carbons (Fsp3) is 0.333. The molecule has 0 saturated carbocycles. The van der Waals surface area contributed by atoms with Crippen molar-refractivity contribution in [3.05, 3.63) is 39.4 Å². The molecule has 0 fully saturated rings. The predicted octanol–water partition coefficient (Wildman–Crippen LogP) is 1.87. The lowest BCUT2D eigenvalue weighted by Gasteiger charge is -2.14. The number of hydrogen-bond acceptors (Lipinski definition) is 7. The second kappa shape index (κ2) is 11.2. The number of nitrogens with zero attached hydrogens (tertiary/aromatic N) is 1. The zero-order chi connectivity index (χ0) is 24.0. The van der Waals surface area contributed by atoms with Gasteiger partial charge in [-0.05, 0) is 37.5 Å². The van der Waals surface area contributed by atoms with Gasteiger partial charge in [0.15, 0.2) is 0 Å². The van der Waals surface area contributed by atoms with Crippen LogP contribution in [0.4, 0.5) is 18.6 Å². The summed E-state index contributed by atoms with van der Waals surface area (Å²) in [5.74, 6) is -3.73. The fourth-order valence-corrected chi connectivity index (χ4v) is 3.47. The van der Waals surface area contributed by atoms with Gasteiger partial charge in [0.05, 0.1) is 12.1 Å². The van der Waals surface area contributed by atoms with E-state index in [2.05, 4.69) is 36.3 Å². The number of benzene rings is 1. The number of hydrogen-bond donors (Lipinski definition) is 5. The fourth-order valence-electron chi connectivity index (χ4n) is 2.34. The SMILES string of the molecule is CC(C)NC(=O)C(O)CNC(=O)Nc1snc(OCc2c(F)cc(Br)cc2F)c1C(N)=O. The maximum Gasteiger partial charge on any atom is 0.320 e. The topological polar surface area (TPSA) is 156 Å². The van der Waals surface area contributed by atoms with Gasteiger partial charge >= 0.3 is 6.03 Å². The van der Waals surface area contributed by atoms with Crippen molar-refractivity contribution in [2.24, 2.45) is 5.73 Å². The molecule has 0 radical (unpaired) electrons. The molecule has 0 aliphatic heterocycles. The highest BCUT2D eigenvalue weighted by atomic mass is 79.9. The molecule has 6 N–H and O–H groups in total. The first-order chi connectivity index (χ1) is 15.0. The Morgan fingerprint density at radius 3 is 2.47 bits per heavy atom. The number of carbonyl (C=O) groups is 3. The summed E-state index contributed by atoms with van der Waals surface area (Å²) in [5, 5.41) is 16.7. The molecule has 0 aliphatic rings. The Morgan fingerprint density at radius 2 is 1.91 bits per heavy atom. The molecule has 1 aromatic heterocycles. The Labute approximate surface area is 193 Å². The minimum absolute atomic E-state index is 0.0946. The number of aromatic nitrogens is 1. The maximum absolute atomic E-state index is 14.0. The average Bonchev–Trinajstić information content (AvgIpc) is 3.07. The van der Waals surface area contributed by atoms with E-state index in [0.717, 1.165) is 12.1 Å². The summed E-state index contributed by atoms with van der Waals surface area (Å²) >= 11 is 3.61. The Kier molecular flexibility index (Phi) is 8.86. The summed E-state index contributed by atoms with van der Waals surface area (Å²) in [5.41, 5.74) is 4.63. The van der Waals surface area contributed by atoms with Gasteiger partial charge in [0.1, 0.15) is 34.9 Å². The van der Waals surface area contributed by atoms with E-state index in [4.69, 9.17) is 10.5 Å². The van der Waals surface area contributed by atoms with Crippen LogP contribution in [0, 0.1) is 11.6 Å². The number of carbonyl (C=O) groups excluding carboxylic acids is 3. The van der Waals surface area contributed by atoms with Crippen LogP contribution in [-0.2, 0) is 11.4 Å². The maximum atomic E-state index is 14.0. The largest absolute Gasteiger partial charge is 0.471 e. The van der Waals surface area contributed by atoms with Gasteiger partial charge in [-0.2, -0.15) is 4.37 Å². The van der Waals surface area contributed by atoms with Crippen LogP contribution >= 0.6 is 27.5 Å². The molecule has 174 valence electrons. The van der Waals surface area contributed by atoms with Crippen molar-refractivity contribution in [3.63, 3.8) is 0 Å². The first-order valence-electron chi connectivity index (χ1n) is 9.08. The number of aliphatic hydroxyl groups excluding tert-OH is 1. The third kappa shape index (κ3) is 6.83. The Morgan fingerprint density at radius 1 is 1.28 bits per heavy atom. The van der Waals surface area contributed by atoms with Crippen molar-refractivity contribution in [3.8, 4) is 5.88 Å². The Hall–Kier alpha value is -2.84. The second-order valence-corrected chi connectivity index (χ2v) is 8.40. The number of nitrogens with two attached hydrogens (primary N) is 1. The van der Waals surface area contributed by atoms with Crippen LogP contribution < -0.4 is 26.4 Å². The van der Waals surface area contributed by atoms with Gasteiger partial charge < -0.3 is 26.2 Å². The smallest absolute Gasteiger partial charge is 0.320 e. The minimum atomic E-state index is -1.49. The number of primary amides is 1. The summed E-state index contributed by atoms with van der Waals surface area (Å²) in [6.07, 6.45) is -1.49. The van der Waals surface area contributed by atoms with Crippen molar-refractivity contribution in [1.82, 2.24) is 15.0 Å². The summed E-state index contributed by atoms with van der Waals surface area (Å²) in [6, 6.07) is 1.04. The molecule has 32 heavy (non-hydrogen) atoms. The normalized spacial score (nSPS) is 11.7. The van der Waals surface area contributed by atoms with E-state index in [1.54, 1.807) is 13.8 Å². The standard InChI is InChI=1S/C18H20BrF2N5O5S/c1-7(2)24-15(29)12(27)5-23-18(30)25-17-13(14(22)28)16(26-32-17)31-6-9-10(20)3-8(19)4-11(9)21/h3-4,7,12,27H,5-6H2,1-2H3,(H2,22,28)(H,24,29)(H2,23,25,30). The number of amides is 4. The van der Waals surface area contributed by atoms with Gasteiger partial charge in [0.2, 0.25) is 5.88 Å². The monoisotopic (exact) mass is 535 g/mol.